The van der Waals surface area contributed by atoms with Crippen molar-refractivity contribution in [1.29, 1.82) is 0 Å². The van der Waals surface area contributed by atoms with Crippen molar-refractivity contribution in [3.8, 4) is 11.5 Å². The summed E-state index contributed by atoms with van der Waals surface area (Å²) >= 11 is 0. The molecular formula is C13H17ClN6O. The molecule has 1 aliphatic rings. The van der Waals surface area contributed by atoms with Gasteiger partial charge in [0.05, 0.1) is 0 Å². The molecule has 1 amide bonds. The third-order valence-electron chi connectivity index (χ3n) is 3.34. The lowest BCUT2D eigenvalue weighted by Crippen LogP contribution is -2.34. The van der Waals surface area contributed by atoms with Gasteiger partial charge in [-0.15, -0.1) is 17.5 Å². The van der Waals surface area contributed by atoms with Crippen molar-refractivity contribution in [2.75, 3.05) is 18.4 Å². The number of amides is 1. The number of anilines is 1. The van der Waals surface area contributed by atoms with E-state index in [0.29, 0.717) is 17.5 Å². The molecule has 0 aromatic carbocycles. The zero-order valence-electron chi connectivity index (χ0n) is 11.4. The summed E-state index contributed by atoms with van der Waals surface area (Å²) in [4.78, 5) is 20.5. The molecule has 1 fully saturated rings. The first kappa shape index (κ1) is 15.4. The smallest absolute Gasteiger partial charge is 0.249 e. The highest BCUT2D eigenvalue weighted by Gasteiger charge is 2.22. The van der Waals surface area contributed by atoms with Gasteiger partial charge >= 0.3 is 0 Å². The van der Waals surface area contributed by atoms with Gasteiger partial charge in [-0.25, -0.2) is 0 Å². The average molecular weight is 309 g/mol. The number of piperidine rings is 1. The molecule has 3 rings (SSSR count). The van der Waals surface area contributed by atoms with Gasteiger partial charge in [-0.1, -0.05) is 6.07 Å². The molecule has 7 nitrogen and oxygen atoms in total. The Morgan fingerprint density at radius 2 is 2.10 bits per heavy atom. The minimum Gasteiger partial charge on any atom is -0.317 e. The van der Waals surface area contributed by atoms with Crippen molar-refractivity contribution in [3.05, 3.63) is 24.4 Å². The fraction of sp³-hybridized carbons (Fsp3) is 0.385. The van der Waals surface area contributed by atoms with Crippen molar-refractivity contribution in [2.45, 2.75) is 12.8 Å². The van der Waals surface area contributed by atoms with Gasteiger partial charge in [0.1, 0.15) is 5.69 Å². The van der Waals surface area contributed by atoms with Gasteiger partial charge < -0.3 is 5.32 Å². The molecular weight excluding hydrogens is 292 g/mol. The van der Waals surface area contributed by atoms with Crippen molar-refractivity contribution in [1.82, 2.24) is 25.5 Å². The maximum Gasteiger partial charge on any atom is 0.249 e. The molecule has 2 aromatic heterocycles. The third kappa shape index (κ3) is 3.77. The second-order valence-corrected chi connectivity index (χ2v) is 4.74. The zero-order valence-corrected chi connectivity index (χ0v) is 12.2. The number of hydrogen-bond donors (Lipinski definition) is 3. The number of aromatic amines is 1. The fourth-order valence-corrected chi connectivity index (χ4v) is 2.23. The van der Waals surface area contributed by atoms with E-state index in [1.807, 2.05) is 18.2 Å². The Labute approximate surface area is 128 Å². The van der Waals surface area contributed by atoms with Gasteiger partial charge in [-0.05, 0) is 38.1 Å². The lowest BCUT2D eigenvalue weighted by atomic mass is 9.97. The van der Waals surface area contributed by atoms with Gasteiger partial charge in [0, 0.05) is 12.1 Å². The van der Waals surface area contributed by atoms with Gasteiger partial charge in [0.25, 0.3) is 0 Å². The van der Waals surface area contributed by atoms with E-state index in [4.69, 9.17) is 0 Å². The van der Waals surface area contributed by atoms with Crippen LogP contribution in [-0.4, -0.2) is 39.2 Å². The number of nitrogens with one attached hydrogen (secondary N) is 3. The molecule has 0 atom stereocenters. The zero-order chi connectivity index (χ0) is 13.8. The topological polar surface area (TPSA) is 95.6 Å². The molecule has 3 N–H and O–H groups in total. The highest BCUT2D eigenvalue weighted by atomic mass is 35.5. The van der Waals surface area contributed by atoms with Crippen molar-refractivity contribution in [2.24, 2.45) is 5.92 Å². The predicted molar refractivity (Wildman–Crippen MR) is 81.1 cm³/mol. The molecule has 21 heavy (non-hydrogen) atoms. The maximum absolute atomic E-state index is 12.1. The number of carbonyl (C=O) groups is 1. The molecule has 3 heterocycles. The van der Waals surface area contributed by atoms with E-state index < -0.39 is 0 Å². The molecule has 8 heteroatoms. The van der Waals surface area contributed by atoms with Crippen molar-refractivity contribution in [3.63, 3.8) is 0 Å². The summed E-state index contributed by atoms with van der Waals surface area (Å²) in [5.41, 5.74) is 0.697. The van der Waals surface area contributed by atoms with Crippen LogP contribution in [0.5, 0.6) is 0 Å². The van der Waals surface area contributed by atoms with Crippen LogP contribution < -0.4 is 10.6 Å². The summed E-state index contributed by atoms with van der Waals surface area (Å²) in [6.45, 7) is 1.76. The number of hydrogen-bond acceptors (Lipinski definition) is 5. The van der Waals surface area contributed by atoms with E-state index in [0.717, 1.165) is 25.9 Å². The number of aromatic nitrogens is 4. The Kier molecular flexibility index (Phi) is 5.24. The maximum atomic E-state index is 12.1. The van der Waals surface area contributed by atoms with Gasteiger partial charge in [0.15, 0.2) is 5.82 Å². The number of rotatable bonds is 3. The molecule has 0 aliphatic carbocycles. The summed E-state index contributed by atoms with van der Waals surface area (Å²) in [6, 6.07) is 5.54. The minimum atomic E-state index is -0.0157. The number of halogens is 1. The van der Waals surface area contributed by atoms with E-state index in [9.17, 15) is 4.79 Å². The molecule has 1 saturated heterocycles. The van der Waals surface area contributed by atoms with Crippen LogP contribution in [0.1, 0.15) is 12.8 Å². The number of H-pyrrole nitrogens is 1. The Morgan fingerprint density at radius 1 is 1.29 bits per heavy atom. The first-order valence-electron chi connectivity index (χ1n) is 6.68. The highest BCUT2D eigenvalue weighted by molar-refractivity contribution is 5.91. The summed E-state index contributed by atoms with van der Waals surface area (Å²) in [7, 11) is 0. The second kappa shape index (κ2) is 7.14. The summed E-state index contributed by atoms with van der Waals surface area (Å²) in [6.07, 6.45) is 3.39. The van der Waals surface area contributed by atoms with Crippen LogP contribution in [0.3, 0.4) is 0 Å². The SMILES string of the molecule is Cl.O=C(Nc1n[nH]c(-c2ccccn2)n1)C1CCNCC1. The number of carbonyl (C=O) groups excluding carboxylic acids is 1. The quantitative estimate of drug-likeness (QED) is 0.792. The molecule has 2 aromatic rings. The monoisotopic (exact) mass is 308 g/mol. The minimum absolute atomic E-state index is 0. The van der Waals surface area contributed by atoms with E-state index in [1.165, 1.54) is 0 Å². The largest absolute Gasteiger partial charge is 0.317 e. The third-order valence-corrected chi connectivity index (χ3v) is 3.34. The number of pyridine rings is 1. The van der Waals surface area contributed by atoms with Gasteiger partial charge in [-0.3, -0.25) is 20.2 Å². The Balaban J connectivity index is 0.00000161. The first-order valence-corrected chi connectivity index (χ1v) is 6.68. The van der Waals surface area contributed by atoms with Crippen LogP contribution in [-0.2, 0) is 4.79 Å². The van der Waals surface area contributed by atoms with Gasteiger partial charge in [-0.2, -0.15) is 4.98 Å². The first-order chi connectivity index (χ1) is 9.83. The average Bonchev–Trinajstić information content (AvgIpc) is 2.97. The van der Waals surface area contributed by atoms with Crippen molar-refractivity contribution < 1.29 is 4.79 Å². The van der Waals surface area contributed by atoms with E-state index in [1.54, 1.807) is 6.20 Å². The summed E-state index contributed by atoms with van der Waals surface area (Å²) in [5, 5.41) is 12.8. The van der Waals surface area contributed by atoms with Crippen LogP contribution in [0, 0.1) is 5.92 Å². The van der Waals surface area contributed by atoms with Crippen LogP contribution in [0.15, 0.2) is 24.4 Å². The van der Waals surface area contributed by atoms with E-state index >= 15 is 0 Å². The summed E-state index contributed by atoms with van der Waals surface area (Å²) in [5.74, 6) is 0.867. The van der Waals surface area contributed by atoms with Gasteiger partial charge in [0.2, 0.25) is 11.9 Å². The predicted octanol–water partition coefficient (Wildman–Crippen LogP) is 1.23. The van der Waals surface area contributed by atoms with Crippen LogP contribution >= 0.6 is 12.4 Å². The highest BCUT2D eigenvalue weighted by Crippen LogP contribution is 2.15. The lowest BCUT2D eigenvalue weighted by Gasteiger charge is -2.20. The molecule has 112 valence electrons. The Bertz CT molecular complexity index is 581. The number of nitrogens with zero attached hydrogens (tertiary/aromatic N) is 3. The standard InChI is InChI=1S/C13H16N6O.ClH/c20-12(9-4-7-14-8-5-9)17-13-16-11(18-19-13)10-3-1-2-6-15-10;/h1-3,6,9,14H,4-5,7-8H2,(H2,16,17,18,19,20);1H. The molecule has 0 saturated carbocycles. The molecule has 0 radical (unpaired) electrons. The van der Waals surface area contributed by atoms with Crippen LogP contribution in [0.2, 0.25) is 0 Å². The molecule has 1 aliphatic heterocycles. The summed E-state index contributed by atoms with van der Waals surface area (Å²) < 4.78 is 0. The Morgan fingerprint density at radius 3 is 2.81 bits per heavy atom. The van der Waals surface area contributed by atoms with Crippen LogP contribution in [0.4, 0.5) is 5.95 Å². The van der Waals surface area contributed by atoms with Crippen molar-refractivity contribution >= 4 is 24.3 Å². The van der Waals surface area contributed by atoms with Crippen LogP contribution in [0.25, 0.3) is 11.5 Å². The second-order valence-electron chi connectivity index (χ2n) is 4.74. The molecule has 0 spiro atoms. The Hall–Kier alpha value is -1.99. The molecule has 0 bridgehead atoms. The van der Waals surface area contributed by atoms with E-state index in [-0.39, 0.29) is 24.2 Å². The molecule has 0 unspecified atom stereocenters. The normalized spacial score (nSPS) is 15.2. The lowest BCUT2D eigenvalue weighted by molar-refractivity contribution is -0.120. The van der Waals surface area contributed by atoms with E-state index in [2.05, 4.69) is 30.8 Å². The fourth-order valence-electron chi connectivity index (χ4n) is 2.23.